The lowest BCUT2D eigenvalue weighted by Crippen LogP contribution is -2.50. The average Bonchev–Trinajstić information content (AvgIpc) is 3.81. The van der Waals surface area contributed by atoms with Crippen LogP contribution in [0.15, 0.2) is 59.4 Å². The summed E-state index contributed by atoms with van der Waals surface area (Å²) in [5.41, 5.74) is 3.15. The average molecular weight is 658 g/mol. The first-order valence-corrected chi connectivity index (χ1v) is 17.5. The molecule has 5 heterocycles. The molecule has 13 heteroatoms. The van der Waals surface area contributed by atoms with Crippen LogP contribution in [-0.2, 0) is 17.7 Å². The summed E-state index contributed by atoms with van der Waals surface area (Å²) in [5.74, 6) is 0.601. The number of fused-ring (bicyclic) bond motifs is 2. The maximum Gasteiger partial charge on any atom is 0.260 e. The molecule has 2 aliphatic heterocycles. The molecule has 3 aromatic heterocycles. The van der Waals surface area contributed by atoms with Crippen molar-refractivity contribution in [1.29, 1.82) is 0 Å². The van der Waals surface area contributed by atoms with Crippen LogP contribution >= 0.6 is 0 Å². The van der Waals surface area contributed by atoms with E-state index in [-0.39, 0.29) is 29.8 Å². The van der Waals surface area contributed by atoms with Gasteiger partial charge in [0.05, 0.1) is 17.8 Å². The lowest BCUT2D eigenvalue weighted by atomic mass is 10.0. The van der Waals surface area contributed by atoms with E-state index < -0.39 is 11.2 Å². The van der Waals surface area contributed by atoms with Gasteiger partial charge in [-0.2, -0.15) is 9.97 Å². The molecule has 2 atom stereocenters. The SMILES string of the molecule is C=C(c1cc2cnc(Nc3ccc(N4CCN5CCCC5C4)c(F)c3)nc2n(Cc2cncnc2[S+]([O-])CCN(C)C)c1=O)C1CC1. The molecule has 7 rings (SSSR count). The second kappa shape index (κ2) is 13.3. The maximum atomic E-state index is 15.5. The highest BCUT2D eigenvalue weighted by Crippen LogP contribution is 2.40. The van der Waals surface area contributed by atoms with E-state index in [4.69, 9.17) is 4.98 Å². The van der Waals surface area contributed by atoms with Crippen LogP contribution in [-0.4, -0.2) is 97.5 Å². The van der Waals surface area contributed by atoms with Gasteiger partial charge < -0.3 is 19.7 Å². The predicted octanol–water partition coefficient (Wildman–Crippen LogP) is 3.89. The number of anilines is 3. The van der Waals surface area contributed by atoms with Crippen molar-refractivity contribution >= 4 is 45.1 Å². The minimum absolute atomic E-state index is 0.0685. The zero-order valence-electron chi connectivity index (χ0n) is 26.9. The third-order valence-corrected chi connectivity index (χ3v) is 10.7. The summed E-state index contributed by atoms with van der Waals surface area (Å²) >= 11 is -1.39. The number of nitrogens with zero attached hydrogens (tertiary/aromatic N) is 8. The third-order valence-electron chi connectivity index (χ3n) is 9.39. The van der Waals surface area contributed by atoms with E-state index in [2.05, 4.69) is 36.6 Å². The van der Waals surface area contributed by atoms with Gasteiger partial charge in [0.1, 0.15) is 23.5 Å². The summed E-state index contributed by atoms with van der Waals surface area (Å²) < 4.78 is 30.3. The van der Waals surface area contributed by atoms with Gasteiger partial charge in [-0.1, -0.05) is 6.58 Å². The monoisotopic (exact) mass is 657 g/mol. The second-order valence-electron chi connectivity index (χ2n) is 13.0. The van der Waals surface area contributed by atoms with Crippen LogP contribution in [0.4, 0.5) is 21.7 Å². The number of hydrogen-bond acceptors (Lipinski definition) is 10. The number of rotatable bonds is 11. The van der Waals surface area contributed by atoms with Crippen molar-refractivity contribution < 1.29 is 8.94 Å². The molecule has 1 aromatic carbocycles. The highest BCUT2D eigenvalue weighted by Gasteiger charge is 2.32. The maximum absolute atomic E-state index is 15.5. The van der Waals surface area contributed by atoms with E-state index in [1.54, 1.807) is 23.0 Å². The van der Waals surface area contributed by atoms with Crippen molar-refractivity contribution in [2.75, 3.05) is 62.8 Å². The number of allylic oxidation sites excluding steroid dienone is 1. The Kier molecular flexibility index (Phi) is 8.97. The highest BCUT2D eigenvalue weighted by atomic mass is 32.2. The Balaban J connectivity index is 1.20. The van der Waals surface area contributed by atoms with Gasteiger partial charge in [-0.3, -0.25) is 14.3 Å². The van der Waals surface area contributed by atoms with E-state index in [1.807, 2.05) is 31.1 Å². The van der Waals surface area contributed by atoms with Gasteiger partial charge in [-0.05, 0) is 82.1 Å². The Hall–Kier alpha value is -3.91. The van der Waals surface area contributed by atoms with Gasteiger partial charge in [-0.25, -0.2) is 14.4 Å². The highest BCUT2D eigenvalue weighted by molar-refractivity contribution is 7.91. The molecule has 11 nitrogen and oxygen atoms in total. The van der Waals surface area contributed by atoms with Crippen molar-refractivity contribution in [3.8, 4) is 0 Å². The molecule has 3 aliphatic rings. The Labute approximate surface area is 276 Å². The van der Waals surface area contributed by atoms with Crippen molar-refractivity contribution in [2.24, 2.45) is 5.92 Å². The third kappa shape index (κ3) is 6.75. The topological polar surface area (TPSA) is 118 Å². The minimum Gasteiger partial charge on any atom is -0.610 e. The molecule has 1 aliphatic carbocycles. The van der Waals surface area contributed by atoms with Crippen LogP contribution in [0.5, 0.6) is 0 Å². The van der Waals surface area contributed by atoms with Gasteiger partial charge in [0, 0.05) is 72.4 Å². The van der Waals surface area contributed by atoms with Gasteiger partial charge in [0.2, 0.25) is 5.95 Å². The Morgan fingerprint density at radius 3 is 2.79 bits per heavy atom. The first kappa shape index (κ1) is 31.7. The molecule has 0 bridgehead atoms. The summed E-state index contributed by atoms with van der Waals surface area (Å²) in [6.07, 6.45) is 9.01. The summed E-state index contributed by atoms with van der Waals surface area (Å²) in [6.45, 7) is 8.66. The van der Waals surface area contributed by atoms with Crippen LogP contribution in [0.1, 0.15) is 36.8 Å². The molecule has 47 heavy (non-hydrogen) atoms. The number of piperazine rings is 1. The quantitative estimate of drug-likeness (QED) is 0.188. The van der Waals surface area contributed by atoms with Crippen LogP contribution < -0.4 is 15.8 Å². The van der Waals surface area contributed by atoms with Crippen LogP contribution in [0.25, 0.3) is 16.6 Å². The van der Waals surface area contributed by atoms with Crippen molar-refractivity contribution in [3.63, 3.8) is 0 Å². The summed E-state index contributed by atoms with van der Waals surface area (Å²) in [7, 11) is 3.85. The standard InChI is InChI=1S/C34H40FN9O2S/c1-22(23-6-7-23)28-15-24-18-37-34(39-26-8-9-30(29(35)16-26)43-12-11-42-10-4-5-27(42)20-43)40-31(24)44(33(28)45)19-25-17-36-21-38-32(25)47(46)14-13-41(2)3/h8-9,15-18,21,23,27H,1,4-7,10-14,19-20H2,2-3H3,(H,37,39,40). The molecular formula is C34H40FN9O2S. The molecule has 0 spiro atoms. The van der Waals surface area contributed by atoms with E-state index in [1.165, 1.54) is 18.8 Å². The van der Waals surface area contributed by atoms with Gasteiger partial charge in [-0.15, -0.1) is 0 Å². The molecule has 1 saturated carbocycles. The van der Waals surface area contributed by atoms with Crippen molar-refractivity contribution in [1.82, 2.24) is 34.3 Å². The molecule has 3 fully saturated rings. The van der Waals surface area contributed by atoms with Crippen LogP contribution in [0, 0.1) is 11.7 Å². The van der Waals surface area contributed by atoms with E-state index in [0.717, 1.165) is 51.0 Å². The molecule has 0 amide bonds. The zero-order valence-corrected chi connectivity index (χ0v) is 27.7. The molecule has 0 radical (unpaired) electrons. The number of pyridine rings is 1. The molecule has 2 unspecified atom stereocenters. The fourth-order valence-corrected chi connectivity index (χ4v) is 7.92. The lowest BCUT2D eigenvalue weighted by molar-refractivity contribution is 0.230. The van der Waals surface area contributed by atoms with Gasteiger partial charge >= 0.3 is 0 Å². The van der Waals surface area contributed by atoms with E-state index >= 15 is 4.39 Å². The molecule has 246 valence electrons. The normalized spacial score (nSPS) is 18.9. The molecule has 4 aromatic rings. The predicted molar refractivity (Wildman–Crippen MR) is 183 cm³/mol. The smallest absolute Gasteiger partial charge is 0.260 e. The first-order chi connectivity index (χ1) is 22.7. The summed E-state index contributed by atoms with van der Waals surface area (Å²) in [5, 5.41) is 4.19. The summed E-state index contributed by atoms with van der Waals surface area (Å²) in [4.78, 5) is 38.5. The number of aromatic nitrogens is 5. The largest absolute Gasteiger partial charge is 0.610 e. The Bertz CT molecular complexity index is 1860. The second-order valence-corrected chi connectivity index (χ2v) is 14.5. The number of halogens is 1. The first-order valence-electron chi connectivity index (χ1n) is 16.2. The van der Waals surface area contributed by atoms with Gasteiger partial charge in [0.15, 0.2) is 0 Å². The molecular weight excluding hydrogens is 618 g/mol. The number of hydrogen-bond donors (Lipinski definition) is 1. The number of nitrogens with one attached hydrogen (secondary N) is 1. The summed E-state index contributed by atoms with van der Waals surface area (Å²) in [6, 6.07) is 7.40. The van der Waals surface area contributed by atoms with Crippen molar-refractivity contribution in [2.45, 2.75) is 43.3 Å². The van der Waals surface area contributed by atoms with Crippen molar-refractivity contribution in [3.05, 3.63) is 76.9 Å². The lowest BCUT2D eigenvalue weighted by Gasteiger charge is -2.39. The van der Waals surface area contributed by atoms with E-state index in [9.17, 15) is 9.35 Å². The molecule has 1 N–H and O–H groups in total. The van der Waals surface area contributed by atoms with Crippen LogP contribution in [0.3, 0.4) is 0 Å². The molecule has 2 saturated heterocycles. The zero-order chi connectivity index (χ0) is 32.7. The fraction of sp³-hybridized carbons (Fsp3) is 0.441. The van der Waals surface area contributed by atoms with E-state index in [0.29, 0.717) is 56.9 Å². The van der Waals surface area contributed by atoms with Gasteiger partial charge in [0.25, 0.3) is 10.6 Å². The Morgan fingerprint density at radius 1 is 1.15 bits per heavy atom. The van der Waals surface area contributed by atoms with Crippen LogP contribution in [0.2, 0.25) is 0 Å². The fourth-order valence-electron chi connectivity index (χ4n) is 6.62. The number of benzene rings is 1. The Morgan fingerprint density at radius 2 is 2.00 bits per heavy atom. The minimum atomic E-state index is -1.39.